The predicted octanol–water partition coefficient (Wildman–Crippen LogP) is 4.76. The van der Waals surface area contributed by atoms with Crippen molar-refractivity contribution in [1.29, 1.82) is 0 Å². The molecule has 0 spiro atoms. The molecule has 4 aromatic rings. The van der Waals surface area contributed by atoms with Crippen molar-refractivity contribution in [2.24, 2.45) is 0 Å². The van der Waals surface area contributed by atoms with Crippen LogP contribution in [-0.4, -0.2) is 15.8 Å². The van der Waals surface area contributed by atoms with E-state index in [2.05, 4.69) is 34.2 Å². The van der Waals surface area contributed by atoms with Gasteiger partial charge in [-0.1, -0.05) is 36.4 Å². The van der Waals surface area contributed by atoms with Crippen molar-refractivity contribution in [2.45, 2.75) is 19.3 Å². The summed E-state index contributed by atoms with van der Waals surface area (Å²) in [6, 6.07) is 16.5. The van der Waals surface area contributed by atoms with Gasteiger partial charge in [-0.3, -0.25) is 4.79 Å². The maximum Gasteiger partial charge on any atom is 0.130 e. The fraction of sp³-hybridized carbons (Fsp3) is 0.150. The summed E-state index contributed by atoms with van der Waals surface area (Å²) in [5.74, 6) is 0.255. The minimum absolute atomic E-state index is 0.0554. The monoisotopic (exact) mass is 302 g/mol. The van der Waals surface area contributed by atoms with Gasteiger partial charge in [0.2, 0.25) is 0 Å². The molecule has 2 aromatic carbocycles. The fourth-order valence-corrected chi connectivity index (χ4v) is 3.44. The number of rotatable bonds is 4. The smallest absolute Gasteiger partial charge is 0.130 e. The first-order chi connectivity index (χ1) is 11.2. The zero-order chi connectivity index (χ0) is 15.8. The number of hydrogen-bond donors (Lipinski definition) is 2. The second kappa shape index (κ2) is 5.43. The molecule has 0 aliphatic heterocycles. The first-order valence-corrected chi connectivity index (χ1v) is 7.85. The Kier molecular flexibility index (Phi) is 3.27. The van der Waals surface area contributed by atoms with Gasteiger partial charge >= 0.3 is 0 Å². The van der Waals surface area contributed by atoms with Gasteiger partial charge in [0.25, 0.3) is 0 Å². The molecule has 0 fully saturated rings. The van der Waals surface area contributed by atoms with Crippen LogP contribution in [0.3, 0.4) is 0 Å². The molecule has 0 aliphatic carbocycles. The van der Waals surface area contributed by atoms with Crippen LogP contribution >= 0.6 is 0 Å². The maximum atomic E-state index is 11.9. The Hall–Kier alpha value is -2.81. The molecule has 0 atom stereocenters. The summed E-state index contributed by atoms with van der Waals surface area (Å²) in [5.41, 5.74) is 4.58. The van der Waals surface area contributed by atoms with E-state index in [0.29, 0.717) is 6.42 Å². The van der Waals surface area contributed by atoms with E-state index in [0.717, 1.165) is 11.0 Å². The van der Waals surface area contributed by atoms with Gasteiger partial charge in [-0.15, -0.1) is 0 Å². The van der Waals surface area contributed by atoms with Gasteiger partial charge in [-0.2, -0.15) is 0 Å². The first-order valence-electron chi connectivity index (χ1n) is 7.85. The Morgan fingerprint density at radius 3 is 1.83 bits per heavy atom. The molecule has 0 aliphatic rings. The molecule has 114 valence electrons. The van der Waals surface area contributed by atoms with Crippen molar-refractivity contribution < 1.29 is 4.79 Å². The largest absolute Gasteiger partial charge is 0.361 e. The number of carbonyl (C=O) groups excluding carboxylic acids is 1. The number of nitrogens with one attached hydrogen (secondary N) is 2. The van der Waals surface area contributed by atoms with E-state index >= 15 is 0 Å². The van der Waals surface area contributed by atoms with Crippen LogP contribution in [0, 0.1) is 0 Å². The van der Waals surface area contributed by atoms with Crippen LogP contribution in [0.1, 0.15) is 30.4 Å². The molecule has 23 heavy (non-hydrogen) atoms. The standard InChI is InChI=1S/C20H18N2O/c1-13(23)10-16(17-11-21-19-8-4-2-6-14(17)19)18-12-22-20-9-5-3-7-15(18)20/h2-9,11-12,16,21-22H,10H2,1H3. The Bertz CT molecular complexity index is 919. The van der Waals surface area contributed by atoms with Gasteiger partial charge in [-0.05, 0) is 30.2 Å². The Morgan fingerprint density at radius 2 is 1.35 bits per heavy atom. The first kappa shape index (κ1) is 13.8. The van der Waals surface area contributed by atoms with E-state index in [1.807, 2.05) is 36.7 Å². The summed E-state index contributed by atoms with van der Waals surface area (Å²) < 4.78 is 0. The molecule has 2 heterocycles. The second-order valence-electron chi connectivity index (χ2n) is 6.04. The van der Waals surface area contributed by atoms with E-state index in [-0.39, 0.29) is 11.7 Å². The predicted molar refractivity (Wildman–Crippen MR) is 93.7 cm³/mol. The molecule has 0 saturated carbocycles. The van der Waals surface area contributed by atoms with Gasteiger partial charge in [0.1, 0.15) is 5.78 Å². The maximum absolute atomic E-state index is 11.9. The lowest BCUT2D eigenvalue weighted by molar-refractivity contribution is -0.117. The molecule has 2 aromatic heterocycles. The highest BCUT2D eigenvalue weighted by Crippen LogP contribution is 2.36. The molecule has 3 heteroatoms. The molecule has 4 rings (SSSR count). The quantitative estimate of drug-likeness (QED) is 0.561. The molecule has 3 nitrogen and oxygen atoms in total. The average Bonchev–Trinajstić information content (AvgIpc) is 3.17. The van der Waals surface area contributed by atoms with E-state index in [1.165, 1.54) is 21.9 Å². The molecular formula is C20H18N2O. The number of carbonyl (C=O) groups is 1. The van der Waals surface area contributed by atoms with E-state index in [4.69, 9.17) is 0 Å². The third-order valence-electron chi connectivity index (χ3n) is 4.48. The van der Waals surface area contributed by atoms with E-state index in [1.54, 1.807) is 6.92 Å². The number of aromatic amines is 2. The van der Waals surface area contributed by atoms with Crippen molar-refractivity contribution in [3.8, 4) is 0 Å². The number of para-hydroxylation sites is 2. The summed E-state index contributed by atoms with van der Waals surface area (Å²) in [6.07, 6.45) is 4.59. The van der Waals surface area contributed by atoms with Crippen LogP contribution in [0.25, 0.3) is 21.8 Å². The molecule has 0 saturated heterocycles. The summed E-state index contributed by atoms with van der Waals surface area (Å²) >= 11 is 0. The molecule has 0 unspecified atom stereocenters. The van der Waals surface area contributed by atoms with Gasteiger partial charge in [0.05, 0.1) is 0 Å². The number of Topliss-reactive ketones (excluding diaryl/α,β-unsaturated/α-hetero) is 1. The molecule has 0 bridgehead atoms. The normalized spacial score (nSPS) is 11.6. The van der Waals surface area contributed by atoms with Crippen LogP contribution in [-0.2, 0) is 4.79 Å². The van der Waals surface area contributed by atoms with Gasteiger partial charge in [-0.25, -0.2) is 0 Å². The second-order valence-corrected chi connectivity index (χ2v) is 6.04. The Labute approximate surface area is 134 Å². The van der Waals surface area contributed by atoms with Crippen molar-refractivity contribution >= 4 is 27.6 Å². The fourth-order valence-electron chi connectivity index (χ4n) is 3.44. The van der Waals surface area contributed by atoms with Crippen molar-refractivity contribution in [1.82, 2.24) is 9.97 Å². The molecular weight excluding hydrogens is 284 g/mol. The van der Waals surface area contributed by atoms with Crippen LogP contribution in [0.5, 0.6) is 0 Å². The number of aromatic nitrogens is 2. The minimum atomic E-state index is 0.0554. The van der Waals surface area contributed by atoms with Crippen molar-refractivity contribution in [3.05, 3.63) is 72.1 Å². The Morgan fingerprint density at radius 1 is 0.870 bits per heavy atom. The highest BCUT2D eigenvalue weighted by atomic mass is 16.1. The van der Waals surface area contributed by atoms with E-state index < -0.39 is 0 Å². The molecule has 0 amide bonds. The van der Waals surface area contributed by atoms with Gasteiger partial charge in [0.15, 0.2) is 0 Å². The lowest BCUT2D eigenvalue weighted by atomic mass is 9.87. The zero-order valence-corrected chi connectivity index (χ0v) is 13.0. The van der Waals surface area contributed by atoms with Crippen molar-refractivity contribution in [3.63, 3.8) is 0 Å². The van der Waals surface area contributed by atoms with Crippen LogP contribution in [0.4, 0.5) is 0 Å². The zero-order valence-electron chi connectivity index (χ0n) is 13.0. The Balaban J connectivity index is 1.92. The summed E-state index contributed by atoms with van der Waals surface area (Å²) in [4.78, 5) is 18.6. The third kappa shape index (κ3) is 2.34. The van der Waals surface area contributed by atoms with Gasteiger partial charge < -0.3 is 9.97 Å². The third-order valence-corrected chi connectivity index (χ3v) is 4.48. The number of fused-ring (bicyclic) bond motifs is 2. The molecule has 2 N–H and O–H groups in total. The lowest BCUT2D eigenvalue weighted by Crippen LogP contribution is -2.05. The van der Waals surface area contributed by atoms with Gasteiger partial charge in [0, 0.05) is 46.5 Å². The summed E-state index contributed by atoms with van der Waals surface area (Å²) in [6.45, 7) is 1.66. The SMILES string of the molecule is CC(=O)CC(c1c[nH]c2ccccc12)c1c[nH]c2ccccc12. The van der Waals surface area contributed by atoms with E-state index in [9.17, 15) is 4.79 Å². The molecule has 0 radical (unpaired) electrons. The number of ketones is 1. The lowest BCUT2D eigenvalue weighted by Gasteiger charge is -2.15. The van der Waals surface area contributed by atoms with Crippen LogP contribution in [0.15, 0.2) is 60.9 Å². The minimum Gasteiger partial charge on any atom is -0.361 e. The summed E-state index contributed by atoms with van der Waals surface area (Å²) in [7, 11) is 0. The average molecular weight is 302 g/mol. The van der Waals surface area contributed by atoms with Crippen LogP contribution in [0.2, 0.25) is 0 Å². The van der Waals surface area contributed by atoms with Crippen molar-refractivity contribution in [2.75, 3.05) is 0 Å². The van der Waals surface area contributed by atoms with Crippen LogP contribution < -0.4 is 0 Å². The number of H-pyrrole nitrogens is 2. The topological polar surface area (TPSA) is 48.6 Å². The summed E-state index contributed by atoms with van der Waals surface area (Å²) in [5, 5.41) is 2.37. The number of benzene rings is 2. The highest BCUT2D eigenvalue weighted by molar-refractivity contribution is 5.89. The number of hydrogen-bond acceptors (Lipinski definition) is 1. The highest BCUT2D eigenvalue weighted by Gasteiger charge is 2.22.